The molecule has 0 atom stereocenters. The van der Waals surface area contributed by atoms with E-state index in [1.807, 2.05) is 0 Å². The van der Waals surface area contributed by atoms with Crippen LogP contribution >= 0.6 is 0 Å². The van der Waals surface area contributed by atoms with Crippen LogP contribution in [0.2, 0.25) is 0 Å². The second-order valence-corrected chi connectivity index (χ2v) is 3.50. The van der Waals surface area contributed by atoms with E-state index in [0.29, 0.717) is 5.92 Å². The van der Waals surface area contributed by atoms with Crippen molar-refractivity contribution in [1.29, 1.82) is 0 Å². The lowest BCUT2D eigenvalue weighted by molar-refractivity contribution is 0.864. The SMILES string of the molecule is [CH]=Cc1cc(C)cc(C(C)C)c1. The van der Waals surface area contributed by atoms with Crippen molar-refractivity contribution in [3.8, 4) is 0 Å². The molecule has 1 radical (unpaired) electrons. The van der Waals surface area contributed by atoms with Gasteiger partial charge in [-0.05, 0) is 24.0 Å². The molecule has 0 fully saturated rings. The summed E-state index contributed by atoms with van der Waals surface area (Å²) in [6.07, 6.45) is 1.65. The van der Waals surface area contributed by atoms with Gasteiger partial charge < -0.3 is 0 Å². The summed E-state index contributed by atoms with van der Waals surface area (Å²) in [5, 5.41) is 0. The van der Waals surface area contributed by atoms with Crippen LogP contribution in [0.5, 0.6) is 0 Å². The fourth-order valence-corrected chi connectivity index (χ4v) is 1.27. The van der Waals surface area contributed by atoms with Gasteiger partial charge in [-0.3, -0.25) is 0 Å². The van der Waals surface area contributed by atoms with Gasteiger partial charge in [-0.15, -0.1) is 0 Å². The molecule has 1 aromatic rings. The van der Waals surface area contributed by atoms with Gasteiger partial charge in [0.1, 0.15) is 0 Å². The molecule has 0 unspecified atom stereocenters. The summed E-state index contributed by atoms with van der Waals surface area (Å²) in [5.74, 6) is 0.573. The number of aryl methyl sites for hydroxylation is 1. The minimum atomic E-state index is 0.573. The lowest BCUT2D eigenvalue weighted by Crippen LogP contribution is -1.89. The Morgan fingerprint density at radius 2 is 1.92 bits per heavy atom. The molecule has 0 saturated carbocycles. The average Bonchev–Trinajstić information content (AvgIpc) is 2.03. The molecule has 0 bridgehead atoms. The lowest BCUT2D eigenvalue weighted by atomic mass is 9.98. The van der Waals surface area contributed by atoms with Crippen molar-refractivity contribution in [2.75, 3.05) is 0 Å². The molecular weight excluding hydrogens is 144 g/mol. The number of benzene rings is 1. The molecule has 63 valence electrons. The molecule has 0 saturated heterocycles. The third-order valence-corrected chi connectivity index (χ3v) is 1.98. The summed E-state index contributed by atoms with van der Waals surface area (Å²) in [7, 11) is 0. The summed E-state index contributed by atoms with van der Waals surface area (Å²) in [6, 6.07) is 6.43. The van der Waals surface area contributed by atoms with Crippen LogP contribution < -0.4 is 0 Å². The molecule has 0 nitrogen and oxygen atoms in total. The van der Waals surface area contributed by atoms with Crippen LogP contribution in [-0.2, 0) is 0 Å². The van der Waals surface area contributed by atoms with Gasteiger partial charge in [0.2, 0.25) is 0 Å². The fourth-order valence-electron chi connectivity index (χ4n) is 1.27. The highest BCUT2D eigenvalue weighted by molar-refractivity contribution is 5.49. The third-order valence-electron chi connectivity index (χ3n) is 1.98. The standard InChI is InChI=1S/C12H15/c1-5-11-6-10(4)7-12(8-11)9(2)3/h1,5-9H,2-4H3. The second kappa shape index (κ2) is 3.57. The molecule has 0 heterocycles. The van der Waals surface area contributed by atoms with Crippen LogP contribution in [0.3, 0.4) is 0 Å². The quantitative estimate of drug-likeness (QED) is 0.619. The highest BCUT2D eigenvalue weighted by atomic mass is 14.0. The molecule has 0 N–H and O–H groups in total. The minimum Gasteiger partial charge on any atom is -0.0617 e. The van der Waals surface area contributed by atoms with Crippen LogP contribution in [-0.4, -0.2) is 0 Å². The molecule has 0 aliphatic rings. The van der Waals surface area contributed by atoms with E-state index in [0.717, 1.165) is 5.56 Å². The normalized spacial score (nSPS) is 10.3. The van der Waals surface area contributed by atoms with Gasteiger partial charge in [0.05, 0.1) is 0 Å². The van der Waals surface area contributed by atoms with E-state index in [2.05, 4.69) is 39.0 Å². The van der Waals surface area contributed by atoms with Gasteiger partial charge in [0, 0.05) is 0 Å². The van der Waals surface area contributed by atoms with Crippen molar-refractivity contribution in [1.82, 2.24) is 0 Å². The first kappa shape index (κ1) is 9.05. The van der Waals surface area contributed by atoms with E-state index in [1.54, 1.807) is 6.08 Å². The minimum absolute atomic E-state index is 0.573. The smallest absolute Gasteiger partial charge is 0.0219 e. The maximum absolute atomic E-state index is 5.46. The van der Waals surface area contributed by atoms with E-state index in [4.69, 9.17) is 6.58 Å². The summed E-state index contributed by atoms with van der Waals surface area (Å²) < 4.78 is 0. The molecular formula is C12H15. The fraction of sp³-hybridized carbons (Fsp3) is 0.333. The van der Waals surface area contributed by atoms with Gasteiger partial charge in [-0.25, -0.2) is 0 Å². The van der Waals surface area contributed by atoms with Crippen molar-refractivity contribution in [3.63, 3.8) is 0 Å². The number of hydrogen-bond acceptors (Lipinski definition) is 0. The predicted molar refractivity (Wildman–Crippen MR) is 54.0 cm³/mol. The zero-order valence-corrected chi connectivity index (χ0v) is 7.96. The number of rotatable bonds is 2. The van der Waals surface area contributed by atoms with Crippen LogP contribution in [0.4, 0.5) is 0 Å². The van der Waals surface area contributed by atoms with E-state index in [1.165, 1.54) is 11.1 Å². The molecule has 12 heavy (non-hydrogen) atoms. The van der Waals surface area contributed by atoms with E-state index in [9.17, 15) is 0 Å². The summed E-state index contributed by atoms with van der Waals surface area (Å²) >= 11 is 0. The van der Waals surface area contributed by atoms with Crippen molar-refractivity contribution < 1.29 is 0 Å². The third kappa shape index (κ3) is 1.97. The molecule has 1 rings (SSSR count). The van der Waals surface area contributed by atoms with Crippen LogP contribution in [0.15, 0.2) is 18.2 Å². The number of hydrogen-bond donors (Lipinski definition) is 0. The summed E-state index contributed by atoms with van der Waals surface area (Å²) in [4.78, 5) is 0. The van der Waals surface area contributed by atoms with E-state index in [-0.39, 0.29) is 0 Å². The van der Waals surface area contributed by atoms with Crippen molar-refractivity contribution in [2.24, 2.45) is 0 Å². The first-order valence-corrected chi connectivity index (χ1v) is 4.30. The van der Waals surface area contributed by atoms with Gasteiger partial charge >= 0.3 is 0 Å². The highest BCUT2D eigenvalue weighted by Gasteiger charge is 1.99. The Balaban J connectivity index is 3.14. The summed E-state index contributed by atoms with van der Waals surface area (Å²) in [6.45, 7) is 11.9. The van der Waals surface area contributed by atoms with Crippen molar-refractivity contribution in [2.45, 2.75) is 26.7 Å². The molecule has 0 aromatic heterocycles. The Morgan fingerprint density at radius 1 is 1.25 bits per heavy atom. The lowest BCUT2D eigenvalue weighted by Gasteiger charge is -2.07. The Bertz CT molecular complexity index is 282. The molecule has 0 amide bonds. The van der Waals surface area contributed by atoms with Crippen molar-refractivity contribution in [3.05, 3.63) is 41.5 Å². The largest absolute Gasteiger partial charge is 0.0617 e. The topological polar surface area (TPSA) is 0 Å². The van der Waals surface area contributed by atoms with Crippen molar-refractivity contribution >= 4 is 6.08 Å². The molecule has 0 aliphatic heterocycles. The first-order chi connectivity index (χ1) is 5.63. The zero-order valence-electron chi connectivity index (χ0n) is 7.96. The Kier molecular flexibility index (Phi) is 2.69. The van der Waals surface area contributed by atoms with Crippen LogP contribution in [0.25, 0.3) is 6.08 Å². The molecule has 0 heteroatoms. The Hall–Kier alpha value is -1.04. The van der Waals surface area contributed by atoms with Gasteiger partial charge in [-0.2, -0.15) is 0 Å². The molecule has 0 spiro atoms. The molecule has 1 aromatic carbocycles. The summed E-state index contributed by atoms with van der Waals surface area (Å²) in [5.41, 5.74) is 3.74. The highest BCUT2D eigenvalue weighted by Crippen LogP contribution is 2.18. The Morgan fingerprint density at radius 3 is 2.42 bits per heavy atom. The predicted octanol–water partition coefficient (Wildman–Crippen LogP) is 3.56. The van der Waals surface area contributed by atoms with Crippen LogP contribution in [0, 0.1) is 13.5 Å². The maximum Gasteiger partial charge on any atom is -0.0219 e. The molecule has 0 aliphatic carbocycles. The van der Waals surface area contributed by atoms with Gasteiger partial charge in [0.15, 0.2) is 0 Å². The zero-order chi connectivity index (χ0) is 9.14. The maximum atomic E-state index is 5.46. The second-order valence-electron chi connectivity index (χ2n) is 3.50. The average molecular weight is 159 g/mol. The Labute approximate surface area is 74.9 Å². The van der Waals surface area contributed by atoms with E-state index >= 15 is 0 Å². The van der Waals surface area contributed by atoms with Gasteiger partial charge in [-0.1, -0.05) is 50.3 Å². The monoisotopic (exact) mass is 159 g/mol. The first-order valence-electron chi connectivity index (χ1n) is 4.30. The van der Waals surface area contributed by atoms with Gasteiger partial charge in [0.25, 0.3) is 0 Å². The van der Waals surface area contributed by atoms with E-state index < -0.39 is 0 Å². The van der Waals surface area contributed by atoms with Crippen LogP contribution in [0.1, 0.15) is 36.5 Å².